The molecule has 0 saturated carbocycles. The van der Waals surface area contributed by atoms with Gasteiger partial charge in [-0.2, -0.15) is 0 Å². The smallest absolute Gasteiger partial charge is 0.248 e. The monoisotopic (exact) mass is 828 g/mol. The van der Waals surface area contributed by atoms with Crippen LogP contribution in [0.15, 0.2) is 45.4 Å². The third kappa shape index (κ3) is 14.3. The number of aliphatic imine (C=N–C) groups is 1. The Balaban J connectivity index is 1.24. The molecule has 4 rings (SSSR count). The number of carbonyl (C=O) groups excluding carboxylic acids is 4. The van der Waals surface area contributed by atoms with Crippen molar-refractivity contribution in [3.8, 4) is 0 Å². The van der Waals surface area contributed by atoms with E-state index < -0.39 is 42.3 Å². The minimum absolute atomic E-state index is 0.103. The number of hydrogen-bond acceptors (Lipinski definition) is 13. The van der Waals surface area contributed by atoms with Crippen molar-refractivity contribution in [1.29, 1.82) is 0 Å². The lowest BCUT2D eigenvalue weighted by Crippen LogP contribution is -2.57. The molecule has 18 nitrogen and oxygen atoms in total. The number of nitrogens with two attached hydrogens (primary N) is 1. The van der Waals surface area contributed by atoms with Crippen LogP contribution in [0.2, 0.25) is 0 Å². The molecule has 0 spiro atoms. The molecule has 1 aromatic carbocycles. The molecule has 0 aliphatic carbocycles. The number of nitrogens with one attached hydrogen (secondary N) is 4. The molecule has 58 heavy (non-hydrogen) atoms. The van der Waals surface area contributed by atoms with Gasteiger partial charge in [0.1, 0.15) is 18.1 Å². The van der Waals surface area contributed by atoms with E-state index in [-0.39, 0.29) is 23.8 Å². The average molecular weight is 829 g/mol. The van der Waals surface area contributed by atoms with Crippen LogP contribution in [0.3, 0.4) is 0 Å². The second-order valence-corrected chi connectivity index (χ2v) is 15.8. The molecule has 322 valence electrons. The summed E-state index contributed by atoms with van der Waals surface area (Å²) in [6.45, 7) is 14.0. The molecule has 6 N–H and O–H groups in total. The first-order chi connectivity index (χ1) is 28.0. The van der Waals surface area contributed by atoms with Gasteiger partial charge in [0.25, 0.3) is 0 Å². The summed E-state index contributed by atoms with van der Waals surface area (Å²) in [7, 11) is 0. The molecule has 2 aliphatic rings. The summed E-state index contributed by atoms with van der Waals surface area (Å²) in [5.41, 5.74) is 5.45. The molecular weight excluding hydrogens is 765 g/mol. The Morgan fingerprint density at radius 2 is 1.55 bits per heavy atom. The van der Waals surface area contributed by atoms with E-state index in [0.29, 0.717) is 77.0 Å². The fourth-order valence-corrected chi connectivity index (χ4v) is 7.76. The number of amides is 4. The first-order valence-corrected chi connectivity index (χ1v) is 21.4. The Hall–Kier alpha value is -4.17. The second kappa shape index (κ2) is 24.7. The van der Waals surface area contributed by atoms with E-state index in [1.165, 1.54) is 11.8 Å². The number of likely N-dealkylation sites (tertiary alicyclic amines) is 2. The van der Waals surface area contributed by atoms with Gasteiger partial charge in [-0.15, -0.1) is 5.10 Å². The van der Waals surface area contributed by atoms with Crippen molar-refractivity contribution < 1.29 is 28.7 Å². The summed E-state index contributed by atoms with van der Waals surface area (Å²) in [5.74, 6) is -0.992. The average Bonchev–Trinajstić information content (AvgIpc) is 4.02. The summed E-state index contributed by atoms with van der Waals surface area (Å²) in [4.78, 5) is 62.0. The van der Waals surface area contributed by atoms with Crippen molar-refractivity contribution in [1.82, 2.24) is 51.3 Å². The Kier molecular flexibility index (Phi) is 19.8. The molecule has 2 saturated heterocycles. The third-order valence-electron chi connectivity index (χ3n) is 10.3. The zero-order chi connectivity index (χ0) is 41.9. The van der Waals surface area contributed by atoms with Crippen molar-refractivity contribution in [2.75, 3.05) is 52.5 Å². The van der Waals surface area contributed by atoms with Crippen molar-refractivity contribution in [3.63, 3.8) is 0 Å². The van der Waals surface area contributed by atoms with Gasteiger partial charge in [-0.05, 0) is 120 Å². The third-order valence-corrected chi connectivity index (χ3v) is 11.3. The van der Waals surface area contributed by atoms with E-state index in [1.54, 1.807) is 35.3 Å². The molecule has 1 aromatic heterocycles. The predicted octanol–water partition coefficient (Wildman–Crippen LogP) is 0.961. The van der Waals surface area contributed by atoms with E-state index in [9.17, 15) is 19.2 Å². The molecule has 7 atom stereocenters. The first-order valence-electron chi connectivity index (χ1n) is 20.6. The van der Waals surface area contributed by atoms with Crippen LogP contribution >= 0.6 is 11.8 Å². The minimum Gasteiger partial charge on any atom is -0.390 e. The van der Waals surface area contributed by atoms with Gasteiger partial charge in [0.15, 0.2) is 0 Å². The molecule has 19 heteroatoms. The standard InChI is InChI=1S/C39H64N12O6S/c1-6-42-27(2)35(52)44-33(37(54)49-20-10-11-21-49)29(4)56-23-13-18-41-19-14-24-57-30(5)34(45-36(53)28(3)43-26-40)38(55)50-22-12-15-31(50)25-51-39(46-47-48-51)58-32-16-8-7-9-17-32/h7-9,16-17,26-31,33-34,41-42H,6,10-15,18-25H2,1-5H3,(H2,40,43)(H,44,52)(H,45,53)/t27-,28+,29+,30-,31+,33-,34+/m1/s1. The fourth-order valence-electron chi connectivity index (χ4n) is 6.96. The quantitative estimate of drug-likeness (QED) is 0.0536. The molecule has 4 amide bonds. The van der Waals surface area contributed by atoms with Crippen molar-refractivity contribution in [2.24, 2.45) is 10.7 Å². The Morgan fingerprint density at radius 1 is 0.914 bits per heavy atom. The van der Waals surface area contributed by atoms with Gasteiger partial charge in [-0.3, -0.25) is 24.2 Å². The molecular formula is C39H64N12O6S. The van der Waals surface area contributed by atoms with Crippen molar-refractivity contribution >= 4 is 41.7 Å². The van der Waals surface area contributed by atoms with Crippen LogP contribution in [-0.4, -0.2) is 155 Å². The van der Waals surface area contributed by atoms with Gasteiger partial charge >= 0.3 is 0 Å². The normalized spacial score (nSPS) is 18.8. The number of carbonyl (C=O) groups is 4. The molecule has 2 aromatic rings. The topological polar surface area (TPSA) is 223 Å². The van der Waals surface area contributed by atoms with Crippen LogP contribution in [0.1, 0.15) is 73.1 Å². The number of tetrazole rings is 1. The van der Waals surface area contributed by atoms with Crippen LogP contribution in [0, 0.1) is 0 Å². The number of hydrogen-bond donors (Lipinski definition) is 5. The highest BCUT2D eigenvalue weighted by molar-refractivity contribution is 7.99. The summed E-state index contributed by atoms with van der Waals surface area (Å²) in [6, 6.07) is 6.77. The van der Waals surface area contributed by atoms with Crippen molar-refractivity contribution in [2.45, 2.75) is 132 Å². The van der Waals surface area contributed by atoms with Gasteiger partial charge in [0, 0.05) is 37.7 Å². The van der Waals surface area contributed by atoms with E-state index >= 15 is 0 Å². The van der Waals surface area contributed by atoms with E-state index in [2.05, 4.69) is 41.8 Å². The summed E-state index contributed by atoms with van der Waals surface area (Å²) in [6.07, 6.45) is 4.83. The number of likely N-dealkylation sites (N-methyl/N-ethyl adjacent to an activating group) is 1. The maximum absolute atomic E-state index is 14.2. The SMILES string of the molecule is CCN[C@H](C)C(=O)N[C@@H](C(=O)N1CCCC1)[C@H](C)OCCCNCCCO[C@H](C)[C@H](NC(=O)[C@H](C)N=CN)C(=O)N1CCC[C@H]1Cn1nnnc1Sc1ccccc1. The fraction of sp³-hybridized carbons (Fsp3) is 0.692. The molecule has 0 radical (unpaired) electrons. The highest BCUT2D eigenvalue weighted by atomic mass is 32.2. The van der Waals surface area contributed by atoms with Crippen LogP contribution in [-0.2, 0) is 35.2 Å². The first kappa shape index (κ1) is 46.5. The highest BCUT2D eigenvalue weighted by Crippen LogP contribution is 2.27. The predicted molar refractivity (Wildman–Crippen MR) is 221 cm³/mol. The van der Waals surface area contributed by atoms with E-state index in [4.69, 9.17) is 15.2 Å². The lowest BCUT2D eigenvalue weighted by Gasteiger charge is -2.32. The lowest BCUT2D eigenvalue weighted by atomic mass is 10.1. The maximum atomic E-state index is 14.2. The van der Waals surface area contributed by atoms with Crippen LogP contribution < -0.4 is 27.0 Å². The highest BCUT2D eigenvalue weighted by Gasteiger charge is 2.38. The maximum Gasteiger partial charge on any atom is 0.248 e. The summed E-state index contributed by atoms with van der Waals surface area (Å²) >= 11 is 1.45. The number of ether oxygens (including phenoxy) is 2. The lowest BCUT2D eigenvalue weighted by molar-refractivity contribution is -0.142. The largest absolute Gasteiger partial charge is 0.390 e. The number of rotatable bonds is 25. The molecule has 3 heterocycles. The van der Waals surface area contributed by atoms with Crippen LogP contribution in [0.25, 0.3) is 0 Å². The summed E-state index contributed by atoms with van der Waals surface area (Å²) in [5, 5.41) is 25.2. The molecule has 2 aliphatic heterocycles. The molecule has 0 unspecified atom stereocenters. The second-order valence-electron chi connectivity index (χ2n) is 14.8. The van der Waals surface area contributed by atoms with E-state index in [0.717, 1.165) is 36.9 Å². The summed E-state index contributed by atoms with van der Waals surface area (Å²) < 4.78 is 13.9. The van der Waals surface area contributed by atoms with Gasteiger partial charge in [0.2, 0.25) is 28.8 Å². The van der Waals surface area contributed by atoms with E-state index in [1.807, 2.05) is 44.2 Å². The number of aromatic nitrogens is 4. The molecule has 2 fully saturated rings. The van der Waals surface area contributed by atoms with Gasteiger partial charge in [0.05, 0.1) is 37.2 Å². The van der Waals surface area contributed by atoms with Crippen molar-refractivity contribution in [3.05, 3.63) is 30.3 Å². The van der Waals surface area contributed by atoms with Gasteiger partial charge in [-0.25, -0.2) is 4.68 Å². The number of nitrogens with zero attached hydrogens (tertiary/aromatic N) is 7. The molecule has 0 bridgehead atoms. The minimum atomic E-state index is -0.945. The Morgan fingerprint density at radius 3 is 2.19 bits per heavy atom. The Bertz CT molecular complexity index is 1600. The van der Waals surface area contributed by atoms with Crippen LogP contribution in [0.4, 0.5) is 0 Å². The number of benzene rings is 1. The Labute approximate surface area is 346 Å². The zero-order valence-corrected chi connectivity index (χ0v) is 35.5. The van der Waals surface area contributed by atoms with Gasteiger partial charge < -0.3 is 46.3 Å². The van der Waals surface area contributed by atoms with Crippen LogP contribution in [0.5, 0.6) is 0 Å². The zero-order valence-electron chi connectivity index (χ0n) is 34.7. The van der Waals surface area contributed by atoms with Gasteiger partial charge in [-0.1, -0.05) is 25.1 Å².